The van der Waals surface area contributed by atoms with Crippen LogP contribution >= 0.6 is 23.2 Å². The molecule has 7 nitrogen and oxygen atoms in total. The lowest BCUT2D eigenvalue weighted by Crippen LogP contribution is -1.98. The quantitative estimate of drug-likeness (QED) is 0.293. The molecule has 0 saturated carbocycles. The summed E-state index contributed by atoms with van der Waals surface area (Å²) in [5, 5.41) is 14.5. The molecule has 5 rings (SSSR count). The lowest BCUT2D eigenvalue weighted by molar-refractivity contribution is 0.575. The van der Waals surface area contributed by atoms with Crippen LogP contribution in [0.2, 0.25) is 10.0 Å². The highest BCUT2D eigenvalue weighted by Crippen LogP contribution is 2.31. The van der Waals surface area contributed by atoms with Crippen molar-refractivity contribution in [3.63, 3.8) is 0 Å². The van der Waals surface area contributed by atoms with E-state index in [9.17, 15) is 0 Å². The van der Waals surface area contributed by atoms with Gasteiger partial charge < -0.3 is 9.40 Å². The minimum absolute atomic E-state index is 0.268. The van der Waals surface area contributed by atoms with Gasteiger partial charge in [0.25, 0.3) is 5.95 Å². The van der Waals surface area contributed by atoms with Crippen molar-refractivity contribution in [2.75, 3.05) is 5.43 Å². The zero-order chi connectivity index (χ0) is 19.8. The molecule has 2 N–H and O–H groups in total. The molecule has 9 heteroatoms. The second kappa shape index (κ2) is 7.20. The fourth-order valence-electron chi connectivity index (χ4n) is 2.97. The number of furan rings is 1. The number of nitrogens with zero attached hydrogens (tertiary/aromatic N) is 4. The van der Waals surface area contributed by atoms with Gasteiger partial charge in [-0.2, -0.15) is 10.1 Å². The Morgan fingerprint density at radius 3 is 2.86 bits per heavy atom. The summed E-state index contributed by atoms with van der Waals surface area (Å²) in [4.78, 5) is 7.61. The number of hydrogen-bond acceptors (Lipinski definition) is 6. The van der Waals surface area contributed by atoms with Gasteiger partial charge in [0.1, 0.15) is 17.0 Å². The van der Waals surface area contributed by atoms with Gasteiger partial charge in [-0.25, -0.2) is 5.43 Å². The molecule has 0 fully saturated rings. The van der Waals surface area contributed by atoms with Gasteiger partial charge in [0.2, 0.25) is 0 Å². The highest BCUT2D eigenvalue weighted by atomic mass is 35.5. The molecular weight excluding hydrogens is 411 g/mol. The Kier molecular flexibility index (Phi) is 4.38. The van der Waals surface area contributed by atoms with E-state index in [1.165, 1.54) is 6.21 Å². The van der Waals surface area contributed by atoms with Gasteiger partial charge in [0.15, 0.2) is 5.65 Å². The number of anilines is 1. The predicted octanol–water partition coefficient (Wildman–Crippen LogP) is 5.52. The van der Waals surface area contributed by atoms with Crippen LogP contribution in [0.25, 0.3) is 33.4 Å². The maximum absolute atomic E-state index is 6.21. The van der Waals surface area contributed by atoms with Crippen molar-refractivity contribution in [3.8, 4) is 11.3 Å². The summed E-state index contributed by atoms with van der Waals surface area (Å²) < 4.78 is 5.76. The molecule has 0 bridgehead atoms. The lowest BCUT2D eigenvalue weighted by Gasteiger charge is -2.01. The van der Waals surface area contributed by atoms with Crippen molar-refractivity contribution in [1.82, 2.24) is 20.2 Å². The molecule has 0 radical (unpaired) electrons. The Balaban J connectivity index is 1.35. The maximum Gasteiger partial charge on any atom is 0.265 e. The SMILES string of the molecule is Clc1ccc(Cl)c(-c2ccc(/C=N/Nc3nnc4c(n3)[nH]c3ccccc34)o2)c1. The molecule has 142 valence electrons. The first-order chi connectivity index (χ1) is 14.2. The number of para-hydroxylation sites is 1. The molecule has 0 aliphatic rings. The van der Waals surface area contributed by atoms with E-state index in [1.54, 1.807) is 30.3 Å². The molecule has 3 aromatic heterocycles. The predicted molar refractivity (Wildman–Crippen MR) is 115 cm³/mol. The number of aromatic amines is 1. The zero-order valence-corrected chi connectivity index (χ0v) is 16.2. The van der Waals surface area contributed by atoms with Gasteiger partial charge in [-0.15, -0.1) is 10.2 Å². The van der Waals surface area contributed by atoms with Gasteiger partial charge in [-0.05, 0) is 36.4 Å². The summed E-state index contributed by atoms with van der Waals surface area (Å²) in [6.45, 7) is 0. The molecular formula is C20H12Cl2N6O. The van der Waals surface area contributed by atoms with E-state index in [-0.39, 0.29) is 5.95 Å². The topological polar surface area (TPSA) is 92.0 Å². The first kappa shape index (κ1) is 17.7. The van der Waals surface area contributed by atoms with E-state index < -0.39 is 0 Å². The molecule has 3 heterocycles. The van der Waals surface area contributed by atoms with Gasteiger partial charge in [0, 0.05) is 21.5 Å². The second-order valence-electron chi connectivity index (χ2n) is 6.20. The minimum Gasteiger partial charge on any atom is -0.455 e. The summed E-state index contributed by atoms with van der Waals surface area (Å²) in [6, 6.07) is 16.6. The van der Waals surface area contributed by atoms with Crippen LogP contribution < -0.4 is 5.43 Å². The third kappa shape index (κ3) is 3.41. The first-order valence-electron chi connectivity index (χ1n) is 8.63. The van der Waals surface area contributed by atoms with E-state index in [4.69, 9.17) is 27.6 Å². The van der Waals surface area contributed by atoms with Crippen LogP contribution in [-0.2, 0) is 0 Å². The van der Waals surface area contributed by atoms with Crippen LogP contribution in [0.4, 0.5) is 5.95 Å². The van der Waals surface area contributed by atoms with Gasteiger partial charge >= 0.3 is 0 Å². The van der Waals surface area contributed by atoms with E-state index in [0.717, 1.165) is 10.9 Å². The highest BCUT2D eigenvalue weighted by molar-refractivity contribution is 6.35. The summed E-state index contributed by atoms with van der Waals surface area (Å²) in [5.41, 5.74) is 5.77. The third-order valence-corrected chi connectivity index (χ3v) is 4.86. The number of nitrogens with one attached hydrogen (secondary N) is 2. The highest BCUT2D eigenvalue weighted by Gasteiger charge is 2.10. The third-order valence-electron chi connectivity index (χ3n) is 4.30. The molecule has 0 aliphatic heterocycles. The van der Waals surface area contributed by atoms with E-state index >= 15 is 0 Å². The minimum atomic E-state index is 0.268. The van der Waals surface area contributed by atoms with Crippen LogP contribution in [0.3, 0.4) is 0 Å². The number of halogens is 2. The first-order valence-corrected chi connectivity index (χ1v) is 9.38. The lowest BCUT2D eigenvalue weighted by atomic mass is 10.2. The van der Waals surface area contributed by atoms with Crippen LogP contribution in [0.1, 0.15) is 5.76 Å². The Hall–Kier alpha value is -3.42. The zero-order valence-electron chi connectivity index (χ0n) is 14.7. The van der Waals surface area contributed by atoms with E-state index in [1.807, 2.05) is 24.3 Å². The van der Waals surface area contributed by atoms with E-state index in [0.29, 0.717) is 38.3 Å². The number of hydrogen-bond donors (Lipinski definition) is 2. The molecule has 0 amide bonds. The molecule has 0 unspecified atom stereocenters. The van der Waals surface area contributed by atoms with E-state index in [2.05, 4.69) is 30.7 Å². The fourth-order valence-corrected chi connectivity index (χ4v) is 3.36. The standard InChI is InChI=1S/C20H12Cl2N6O/c21-11-5-7-15(22)14(9-11)17-8-6-12(29-17)10-23-27-20-25-19-18(26-28-20)13-3-1-2-4-16(13)24-19/h1-10H,(H2,24,25,27,28)/b23-10+. The Morgan fingerprint density at radius 1 is 1.03 bits per heavy atom. The molecule has 0 atom stereocenters. The summed E-state index contributed by atoms with van der Waals surface area (Å²) in [7, 11) is 0. The van der Waals surface area contributed by atoms with Crippen molar-refractivity contribution in [2.24, 2.45) is 5.10 Å². The Bertz CT molecular complexity index is 1370. The molecule has 0 saturated heterocycles. The molecule has 0 spiro atoms. The number of benzene rings is 2. The smallest absolute Gasteiger partial charge is 0.265 e. The van der Waals surface area contributed by atoms with Crippen molar-refractivity contribution in [2.45, 2.75) is 0 Å². The number of H-pyrrole nitrogens is 1. The van der Waals surface area contributed by atoms with Crippen molar-refractivity contribution in [1.29, 1.82) is 0 Å². The van der Waals surface area contributed by atoms with Crippen LogP contribution in [0.5, 0.6) is 0 Å². The molecule has 29 heavy (non-hydrogen) atoms. The fraction of sp³-hybridized carbons (Fsp3) is 0. The largest absolute Gasteiger partial charge is 0.455 e. The molecule has 0 aliphatic carbocycles. The number of fused-ring (bicyclic) bond motifs is 3. The van der Waals surface area contributed by atoms with Gasteiger partial charge in [-0.3, -0.25) is 0 Å². The van der Waals surface area contributed by atoms with Gasteiger partial charge in [-0.1, -0.05) is 41.4 Å². The number of hydrazone groups is 1. The molecule has 2 aromatic carbocycles. The van der Waals surface area contributed by atoms with Crippen LogP contribution in [0.15, 0.2) is 64.1 Å². The van der Waals surface area contributed by atoms with Crippen molar-refractivity contribution in [3.05, 3.63) is 70.4 Å². The van der Waals surface area contributed by atoms with Gasteiger partial charge in [0.05, 0.1) is 11.2 Å². The van der Waals surface area contributed by atoms with Crippen molar-refractivity contribution < 1.29 is 4.42 Å². The van der Waals surface area contributed by atoms with Crippen LogP contribution in [-0.4, -0.2) is 26.4 Å². The van der Waals surface area contributed by atoms with Crippen LogP contribution in [0, 0.1) is 0 Å². The Morgan fingerprint density at radius 2 is 1.93 bits per heavy atom. The molecule has 5 aromatic rings. The summed E-state index contributed by atoms with van der Waals surface area (Å²) >= 11 is 12.2. The summed E-state index contributed by atoms with van der Waals surface area (Å²) in [6.07, 6.45) is 1.51. The monoisotopic (exact) mass is 422 g/mol. The average Bonchev–Trinajstić information content (AvgIpc) is 3.34. The second-order valence-corrected chi connectivity index (χ2v) is 7.04. The maximum atomic E-state index is 6.21. The normalized spacial score (nSPS) is 11.7. The number of rotatable bonds is 4. The van der Waals surface area contributed by atoms with Crippen molar-refractivity contribution >= 4 is 57.4 Å². The Labute approximate surface area is 174 Å². The average molecular weight is 423 g/mol. The number of aromatic nitrogens is 4. The summed E-state index contributed by atoms with van der Waals surface area (Å²) in [5.74, 6) is 1.39.